The Balaban J connectivity index is 2.42. The fraction of sp³-hybridized carbons (Fsp3) is 0.389. The topological polar surface area (TPSA) is 83.5 Å². The first-order chi connectivity index (χ1) is 11.8. The number of carbonyl (C=O) groups is 1. The van der Waals surface area contributed by atoms with Crippen molar-refractivity contribution in [2.24, 2.45) is 5.92 Å². The van der Waals surface area contributed by atoms with Gasteiger partial charge in [0.15, 0.2) is 0 Å². The van der Waals surface area contributed by atoms with E-state index in [1.54, 1.807) is 24.3 Å². The molecule has 2 aromatic rings. The fourth-order valence-electron chi connectivity index (χ4n) is 2.72. The van der Waals surface area contributed by atoms with Crippen molar-refractivity contribution in [2.45, 2.75) is 44.4 Å². The number of rotatable bonds is 8. The molecule has 2 N–H and O–H groups in total. The number of nitrogens with one attached hydrogen (secondary N) is 1. The average molecular weight is 382 g/mol. The molecular weight excluding hydrogens is 358 g/mol. The van der Waals surface area contributed by atoms with Crippen molar-refractivity contribution in [2.75, 3.05) is 4.72 Å². The van der Waals surface area contributed by atoms with Gasteiger partial charge in [0.1, 0.15) is 5.00 Å². The number of thiophene rings is 1. The van der Waals surface area contributed by atoms with Crippen LogP contribution in [0.25, 0.3) is 0 Å². The van der Waals surface area contributed by atoms with Crippen molar-refractivity contribution in [3.8, 4) is 0 Å². The Bertz CT molecular complexity index is 826. The van der Waals surface area contributed by atoms with Gasteiger partial charge in [0.2, 0.25) is 0 Å². The van der Waals surface area contributed by atoms with Crippen molar-refractivity contribution in [3.63, 3.8) is 0 Å². The molecule has 0 saturated heterocycles. The molecule has 0 aliphatic heterocycles. The highest BCUT2D eigenvalue weighted by Crippen LogP contribution is 2.39. The van der Waals surface area contributed by atoms with Crippen molar-refractivity contribution in [1.29, 1.82) is 0 Å². The minimum absolute atomic E-state index is 0.00117. The van der Waals surface area contributed by atoms with E-state index in [1.165, 1.54) is 23.5 Å². The van der Waals surface area contributed by atoms with E-state index in [0.29, 0.717) is 5.92 Å². The summed E-state index contributed by atoms with van der Waals surface area (Å²) in [6.45, 7) is 6.27. The predicted molar refractivity (Wildman–Crippen MR) is 101 cm³/mol. The van der Waals surface area contributed by atoms with Crippen molar-refractivity contribution >= 4 is 32.3 Å². The molecule has 1 atom stereocenters. The van der Waals surface area contributed by atoms with Crippen LogP contribution in [0.2, 0.25) is 0 Å². The summed E-state index contributed by atoms with van der Waals surface area (Å²) in [6.07, 6.45) is 1.91. The number of hydrogen-bond acceptors (Lipinski definition) is 4. The molecule has 0 amide bonds. The first-order valence-corrected chi connectivity index (χ1v) is 10.5. The molecule has 0 saturated carbocycles. The maximum absolute atomic E-state index is 12.5. The van der Waals surface area contributed by atoms with Crippen LogP contribution in [0.1, 0.15) is 54.8 Å². The lowest BCUT2D eigenvalue weighted by atomic mass is 9.90. The Morgan fingerprint density at radius 2 is 1.88 bits per heavy atom. The predicted octanol–water partition coefficient (Wildman–Crippen LogP) is 4.79. The van der Waals surface area contributed by atoms with E-state index in [0.717, 1.165) is 17.7 Å². The molecule has 1 unspecified atom stereocenters. The maximum atomic E-state index is 12.5. The minimum Gasteiger partial charge on any atom is -0.478 e. The molecule has 0 aliphatic rings. The monoisotopic (exact) mass is 381 g/mol. The second kappa shape index (κ2) is 8.01. The first-order valence-electron chi connectivity index (χ1n) is 8.21. The van der Waals surface area contributed by atoms with Gasteiger partial charge in [-0.3, -0.25) is 4.72 Å². The molecule has 1 aromatic heterocycles. The number of hydrogen-bond donors (Lipinski definition) is 2. The number of carboxylic acids is 1. The second-order valence-corrected chi connectivity index (χ2v) is 9.02. The van der Waals surface area contributed by atoms with Crippen molar-refractivity contribution < 1.29 is 18.3 Å². The van der Waals surface area contributed by atoms with E-state index in [4.69, 9.17) is 0 Å². The summed E-state index contributed by atoms with van der Waals surface area (Å²) in [5, 5.41) is 9.63. The molecule has 25 heavy (non-hydrogen) atoms. The Morgan fingerprint density at radius 3 is 2.40 bits per heavy atom. The summed E-state index contributed by atoms with van der Waals surface area (Å²) < 4.78 is 27.5. The van der Waals surface area contributed by atoms with E-state index in [2.05, 4.69) is 25.5 Å². The number of aromatic carboxylic acids is 1. The average Bonchev–Trinajstić information content (AvgIpc) is 2.96. The van der Waals surface area contributed by atoms with Crippen LogP contribution in [0, 0.1) is 5.92 Å². The summed E-state index contributed by atoms with van der Waals surface area (Å²) in [5.74, 6) is -0.575. The van der Waals surface area contributed by atoms with Gasteiger partial charge in [0.05, 0.1) is 10.5 Å². The molecule has 2 rings (SSSR count). The molecule has 1 aromatic carbocycles. The highest BCUT2D eigenvalue weighted by atomic mass is 32.2. The highest BCUT2D eigenvalue weighted by Gasteiger charge is 2.25. The molecule has 1 heterocycles. The quantitative estimate of drug-likeness (QED) is 0.689. The van der Waals surface area contributed by atoms with E-state index in [9.17, 15) is 18.3 Å². The van der Waals surface area contributed by atoms with Crippen molar-refractivity contribution in [3.05, 3.63) is 46.8 Å². The molecule has 0 bridgehead atoms. The zero-order chi connectivity index (χ0) is 18.6. The third-order valence-corrected chi connectivity index (χ3v) is 6.71. The van der Waals surface area contributed by atoms with Gasteiger partial charge in [-0.1, -0.05) is 45.4 Å². The van der Waals surface area contributed by atoms with Crippen LogP contribution < -0.4 is 4.72 Å². The molecule has 136 valence electrons. The van der Waals surface area contributed by atoms with Crippen LogP contribution in [0.15, 0.2) is 41.3 Å². The third-order valence-electron chi connectivity index (χ3n) is 4.03. The lowest BCUT2D eigenvalue weighted by Crippen LogP contribution is -2.13. The zero-order valence-electron chi connectivity index (χ0n) is 14.5. The van der Waals surface area contributed by atoms with Crippen LogP contribution in [-0.4, -0.2) is 19.5 Å². The first kappa shape index (κ1) is 19.5. The van der Waals surface area contributed by atoms with Crippen LogP contribution in [-0.2, 0) is 10.0 Å². The summed E-state index contributed by atoms with van der Waals surface area (Å²) in [4.78, 5) is 12.6. The van der Waals surface area contributed by atoms with Crippen LogP contribution in [0.4, 0.5) is 5.00 Å². The number of benzene rings is 1. The van der Waals surface area contributed by atoms with Crippen molar-refractivity contribution in [1.82, 2.24) is 0 Å². The Kier molecular flexibility index (Phi) is 6.24. The SMILES string of the molecule is CCCC(c1cc(C(=O)O)c(NS(=O)(=O)c2ccccc2)s1)C(C)C. The largest absolute Gasteiger partial charge is 0.478 e. The summed E-state index contributed by atoms with van der Waals surface area (Å²) in [6, 6.07) is 9.54. The lowest BCUT2D eigenvalue weighted by Gasteiger charge is -2.18. The molecule has 5 nitrogen and oxygen atoms in total. The second-order valence-electron chi connectivity index (χ2n) is 6.25. The molecule has 0 aliphatic carbocycles. The Labute approximate surface area is 152 Å². The summed E-state index contributed by atoms with van der Waals surface area (Å²) >= 11 is 1.21. The van der Waals surface area contributed by atoms with Gasteiger partial charge in [-0.05, 0) is 36.5 Å². The summed E-state index contributed by atoms with van der Waals surface area (Å²) in [7, 11) is -3.82. The molecule has 0 spiro atoms. The van der Waals surface area contributed by atoms with Gasteiger partial charge in [-0.15, -0.1) is 11.3 Å². The van der Waals surface area contributed by atoms with Gasteiger partial charge < -0.3 is 5.11 Å². The Morgan fingerprint density at radius 1 is 1.24 bits per heavy atom. The van der Waals surface area contributed by atoms with E-state index < -0.39 is 16.0 Å². The number of carboxylic acid groups (broad SMARTS) is 1. The van der Waals surface area contributed by atoms with E-state index >= 15 is 0 Å². The normalized spacial score (nSPS) is 13.0. The van der Waals surface area contributed by atoms with E-state index in [-0.39, 0.29) is 21.4 Å². The van der Waals surface area contributed by atoms with Crippen LogP contribution >= 0.6 is 11.3 Å². The fourth-order valence-corrected chi connectivity index (χ4v) is 5.42. The molecular formula is C18H23NO4S2. The Hall–Kier alpha value is -1.86. The molecule has 7 heteroatoms. The smallest absolute Gasteiger partial charge is 0.338 e. The molecule has 0 fully saturated rings. The summed E-state index contributed by atoms with van der Waals surface area (Å²) in [5.41, 5.74) is 0.00117. The van der Waals surface area contributed by atoms with Crippen LogP contribution in [0.5, 0.6) is 0 Å². The minimum atomic E-state index is -3.82. The number of sulfonamides is 1. The number of anilines is 1. The van der Waals surface area contributed by atoms with Gasteiger partial charge >= 0.3 is 5.97 Å². The van der Waals surface area contributed by atoms with Crippen LogP contribution in [0.3, 0.4) is 0 Å². The maximum Gasteiger partial charge on any atom is 0.338 e. The van der Waals surface area contributed by atoms with Gasteiger partial charge in [0.25, 0.3) is 10.0 Å². The lowest BCUT2D eigenvalue weighted by molar-refractivity contribution is 0.0698. The third kappa shape index (κ3) is 4.61. The van der Waals surface area contributed by atoms with E-state index in [1.807, 2.05) is 0 Å². The standard InChI is InChI=1S/C18H23NO4S2/c1-4-8-14(12(2)3)16-11-15(18(20)21)17(24-16)19-25(22,23)13-9-6-5-7-10-13/h5-7,9-12,14,19H,4,8H2,1-3H3,(H,20,21). The van der Waals surface area contributed by atoms with Gasteiger partial charge in [-0.2, -0.15) is 0 Å². The zero-order valence-corrected chi connectivity index (χ0v) is 16.2. The van der Waals surface area contributed by atoms with Gasteiger partial charge in [0, 0.05) is 4.88 Å². The highest BCUT2D eigenvalue weighted by molar-refractivity contribution is 7.93. The molecule has 0 radical (unpaired) electrons. The van der Waals surface area contributed by atoms with Gasteiger partial charge in [-0.25, -0.2) is 13.2 Å².